The van der Waals surface area contributed by atoms with Crippen molar-refractivity contribution in [3.8, 4) is 11.3 Å². The molecule has 1 aromatic heterocycles. The van der Waals surface area contributed by atoms with Crippen LogP contribution in [0.15, 0.2) is 36.4 Å². The smallest absolute Gasteiger partial charge is 0.330 e. The second-order valence-electron chi connectivity index (χ2n) is 7.86. The van der Waals surface area contributed by atoms with Crippen LogP contribution in [0.3, 0.4) is 0 Å². The molecular formula is C22H26FN3O4S. The van der Waals surface area contributed by atoms with Crippen LogP contribution in [0.1, 0.15) is 43.9 Å². The molecule has 0 saturated heterocycles. The van der Waals surface area contributed by atoms with Crippen LogP contribution in [0.2, 0.25) is 0 Å². The minimum atomic E-state index is -3.57. The Morgan fingerprint density at radius 3 is 2.48 bits per heavy atom. The molecule has 166 valence electrons. The van der Waals surface area contributed by atoms with Gasteiger partial charge < -0.3 is 4.74 Å². The second kappa shape index (κ2) is 9.13. The summed E-state index contributed by atoms with van der Waals surface area (Å²) in [4.78, 5) is 20.7. The van der Waals surface area contributed by atoms with Crippen LogP contribution >= 0.6 is 0 Å². The summed E-state index contributed by atoms with van der Waals surface area (Å²) < 4.78 is 44.1. The minimum Gasteiger partial charge on any atom is -0.459 e. The van der Waals surface area contributed by atoms with Gasteiger partial charge in [0.2, 0.25) is 16.0 Å². The van der Waals surface area contributed by atoms with Gasteiger partial charge in [0.25, 0.3) is 0 Å². The third-order valence-electron chi connectivity index (χ3n) is 5.12. The van der Waals surface area contributed by atoms with Crippen LogP contribution in [0.25, 0.3) is 11.3 Å². The van der Waals surface area contributed by atoms with Crippen molar-refractivity contribution in [2.75, 3.05) is 17.6 Å². The number of ether oxygens (including phenoxy) is 1. The van der Waals surface area contributed by atoms with Crippen molar-refractivity contribution in [2.24, 2.45) is 0 Å². The van der Waals surface area contributed by atoms with Gasteiger partial charge in [0, 0.05) is 30.7 Å². The molecule has 0 aliphatic carbocycles. The van der Waals surface area contributed by atoms with Crippen molar-refractivity contribution in [3.63, 3.8) is 0 Å². The van der Waals surface area contributed by atoms with E-state index in [1.54, 1.807) is 18.2 Å². The van der Waals surface area contributed by atoms with E-state index in [0.717, 1.165) is 16.1 Å². The maximum absolute atomic E-state index is 13.5. The molecule has 31 heavy (non-hydrogen) atoms. The number of benzene rings is 1. The third kappa shape index (κ3) is 5.46. The summed E-state index contributed by atoms with van der Waals surface area (Å²) in [5.74, 6) is -0.697. The zero-order valence-corrected chi connectivity index (χ0v) is 18.8. The fraction of sp³-hybridized carbons (Fsp3) is 0.409. The predicted molar refractivity (Wildman–Crippen MR) is 117 cm³/mol. The Morgan fingerprint density at radius 2 is 1.90 bits per heavy atom. The van der Waals surface area contributed by atoms with Gasteiger partial charge >= 0.3 is 5.97 Å². The summed E-state index contributed by atoms with van der Waals surface area (Å²) in [5.41, 5.74) is 2.74. The fourth-order valence-electron chi connectivity index (χ4n) is 3.40. The first kappa shape index (κ1) is 22.9. The predicted octanol–water partition coefficient (Wildman–Crippen LogP) is 3.61. The van der Waals surface area contributed by atoms with Gasteiger partial charge in [0.1, 0.15) is 11.9 Å². The van der Waals surface area contributed by atoms with Crippen LogP contribution in [-0.2, 0) is 26.0 Å². The maximum atomic E-state index is 13.5. The van der Waals surface area contributed by atoms with Crippen LogP contribution < -0.4 is 4.31 Å². The lowest BCUT2D eigenvalue weighted by atomic mass is 9.93. The average molecular weight is 448 g/mol. The van der Waals surface area contributed by atoms with Crippen LogP contribution in [0.4, 0.5) is 10.3 Å². The van der Waals surface area contributed by atoms with Crippen LogP contribution in [0, 0.1) is 5.82 Å². The number of esters is 1. The van der Waals surface area contributed by atoms with Crippen molar-refractivity contribution >= 4 is 21.9 Å². The molecule has 3 rings (SSSR count). The summed E-state index contributed by atoms with van der Waals surface area (Å²) in [7, 11) is -2.17. The summed E-state index contributed by atoms with van der Waals surface area (Å²) in [6.45, 7) is 3.93. The van der Waals surface area contributed by atoms with E-state index < -0.39 is 10.0 Å². The number of sulfonamides is 1. The highest BCUT2D eigenvalue weighted by Crippen LogP contribution is 2.32. The standard InChI is InChI=1S/C22H26FN3O4S/c1-14(2)20-18(13-12-17-6-5-7-19(27)30-17)21(15-8-10-16(23)11-9-15)25-22(24-20)26(3)31(4,28)29/h5,7-11,14,17H,6,12-13H2,1-4H3/t17-/m1/s1. The Hall–Kier alpha value is -2.81. The zero-order valence-electron chi connectivity index (χ0n) is 18.0. The van der Waals surface area contributed by atoms with E-state index in [2.05, 4.69) is 9.97 Å². The van der Waals surface area contributed by atoms with Gasteiger partial charge in [-0.2, -0.15) is 0 Å². The average Bonchev–Trinajstić information content (AvgIpc) is 2.71. The number of anilines is 1. The number of hydrogen-bond acceptors (Lipinski definition) is 6. The lowest BCUT2D eigenvalue weighted by molar-refractivity contribution is -0.144. The van der Waals surface area contributed by atoms with Crippen LogP contribution in [-0.4, -0.2) is 43.8 Å². The van der Waals surface area contributed by atoms with Gasteiger partial charge in [-0.3, -0.25) is 0 Å². The largest absolute Gasteiger partial charge is 0.459 e. The second-order valence-corrected chi connectivity index (χ2v) is 9.88. The third-order valence-corrected chi connectivity index (χ3v) is 6.28. The Bertz CT molecular complexity index is 1100. The van der Waals surface area contributed by atoms with E-state index in [9.17, 15) is 17.6 Å². The van der Waals surface area contributed by atoms with Gasteiger partial charge in [0.05, 0.1) is 17.6 Å². The van der Waals surface area contributed by atoms with Gasteiger partial charge in [-0.15, -0.1) is 0 Å². The SMILES string of the molecule is CC(C)c1nc(N(C)S(C)(=O)=O)nc(-c2ccc(F)cc2)c1CC[C@H]1CC=CC(=O)O1. The molecule has 7 nitrogen and oxygen atoms in total. The molecule has 1 aromatic carbocycles. The topological polar surface area (TPSA) is 89.5 Å². The van der Waals surface area contributed by atoms with Crippen molar-refractivity contribution in [2.45, 2.75) is 45.1 Å². The highest BCUT2D eigenvalue weighted by molar-refractivity contribution is 7.92. The van der Waals surface area contributed by atoms with E-state index >= 15 is 0 Å². The number of halogens is 1. The van der Waals surface area contributed by atoms with E-state index in [-0.39, 0.29) is 29.8 Å². The van der Waals surface area contributed by atoms with Crippen LogP contribution in [0.5, 0.6) is 0 Å². The molecule has 9 heteroatoms. The maximum Gasteiger partial charge on any atom is 0.330 e. The van der Waals surface area contributed by atoms with Gasteiger partial charge in [-0.05, 0) is 43.0 Å². The molecule has 0 unspecified atom stereocenters. The number of carbonyl (C=O) groups excluding carboxylic acids is 1. The van der Waals surface area contributed by atoms with Gasteiger partial charge in [-0.1, -0.05) is 19.9 Å². The number of hydrogen-bond donors (Lipinski definition) is 0. The molecule has 0 amide bonds. The Balaban J connectivity index is 2.10. The lowest BCUT2D eigenvalue weighted by Gasteiger charge is -2.23. The molecular weight excluding hydrogens is 421 g/mol. The van der Waals surface area contributed by atoms with E-state index in [1.165, 1.54) is 25.3 Å². The quantitative estimate of drug-likeness (QED) is 0.603. The molecule has 1 atom stereocenters. The molecule has 0 N–H and O–H groups in total. The Kier molecular flexibility index (Phi) is 6.74. The van der Waals surface area contributed by atoms with E-state index in [4.69, 9.17) is 4.74 Å². The van der Waals surface area contributed by atoms with Crippen molar-refractivity contribution in [1.82, 2.24) is 9.97 Å². The monoisotopic (exact) mass is 447 g/mol. The molecule has 0 radical (unpaired) electrons. The summed E-state index contributed by atoms with van der Waals surface area (Å²) >= 11 is 0. The first-order chi connectivity index (χ1) is 14.6. The normalized spacial score (nSPS) is 16.5. The molecule has 0 saturated carbocycles. The molecule has 2 heterocycles. The van der Waals surface area contributed by atoms with Crippen molar-refractivity contribution in [3.05, 3.63) is 53.5 Å². The van der Waals surface area contributed by atoms with E-state index in [1.807, 2.05) is 13.8 Å². The molecule has 0 fully saturated rings. The summed E-state index contributed by atoms with van der Waals surface area (Å²) in [6.07, 6.45) is 5.76. The number of carbonyl (C=O) groups is 1. The zero-order chi connectivity index (χ0) is 22.8. The number of rotatable bonds is 7. The number of cyclic esters (lactones) is 1. The van der Waals surface area contributed by atoms with Gasteiger partial charge in [0.15, 0.2) is 0 Å². The van der Waals surface area contributed by atoms with Crippen molar-refractivity contribution in [1.29, 1.82) is 0 Å². The summed E-state index contributed by atoms with van der Waals surface area (Å²) in [5, 5.41) is 0. The molecule has 1 aliphatic rings. The summed E-state index contributed by atoms with van der Waals surface area (Å²) in [6, 6.07) is 5.89. The molecule has 2 aromatic rings. The fourth-order valence-corrected chi connectivity index (χ4v) is 3.78. The molecule has 1 aliphatic heterocycles. The lowest BCUT2D eigenvalue weighted by Crippen LogP contribution is -2.28. The minimum absolute atomic E-state index is 0.0160. The number of nitrogens with zero attached hydrogens (tertiary/aromatic N) is 3. The molecule has 0 bridgehead atoms. The Labute approximate surface area is 182 Å². The first-order valence-corrected chi connectivity index (χ1v) is 11.9. The van der Waals surface area contributed by atoms with Gasteiger partial charge in [-0.25, -0.2) is 31.9 Å². The highest BCUT2D eigenvalue weighted by Gasteiger charge is 2.24. The highest BCUT2D eigenvalue weighted by atomic mass is 32.2. The number of aromatic nitrogens is 2. The molecule has 0 spiro atoms. The Morgan fingerprint density at radius 1 is 1.23 bits per heavy atom. The van der Waals surface area contributed by atoms with E-state index in [0.29, 0.717) is 36.2 Å². The van der Waals surface area contributed by atoms with Crippen molar-refractivity contribution < 1.29 is 22.3 Å². The first-order valence-electron chi connectivity index (χ1n) is 10.0.